The molecule has 3 heteroatoms. The fourth-order valence-corrected chi connectivity index (χ4v) is 1.44. The summed E-state index contributed by atoms with van der Waals surface area (Å²) in [5, 5.41) is 0. The van der Waals surface area contributed by atoms with Gasteiger partial charge in [-0.25, -0.2) is 0 Å². The van der Waals surface area contributed by atoms with Crippen molar-refractivity contribution in [1.82, 2.24) is 4.57 Å². The fraction of sp³-hybridized carbons (Fsp3) is 0.231. The molecule has 0 aromatic rings. The monoisotopic (exact) mass is 217 g/mol. The molecule has 0 saturated carbocycles. The molecule has 84 valence electrons. The van der Waals surface area contributed by atoms with Gasteiger partial charge in [-0.2, -0.15) is 0 Å². The van der Waals surface area contributed by atoms with Crippen molar-refractivity contribution in [2.45, 2.75) is 13.8 Å². The first-order valence-corrected chi connectivity index (χ1v) is 5.30. The molecule has 0 fully saturated rings. The Balaban J connectivity index is 0.000000606. The molecule has 0 unspecified atom stereocenters. The first kappa shape index (κ1) is 12.2. The highest BCUT2D eigenvalue weighted by Crippen LogP contribution is 2.09. The van der Waals surface area contributed by atoms with Gasteiger partial charge in [0.2, 0.25) is 0 Å². The molecular formula is C13H15NO2. The third kappa shape index (κ3) is 2.03. The molecule has 0 spiro atoms. The van der Waals surface area contributed by atoms with Crippen molar-refractivity contribution >= 4 is 0 Å². The van der Waals surface area contributed by atoms with E-state index in [0.29, 0.717) is 11.1 Å². The lowest BCUT2D eigenvalue weighted by atomic mass is 10.1. The van der Waals surface area contributed by atoms with E-state index >= 15 is 0 Å². The number of nitrogens with zero attached hydrogens (tertiary/aromatic N) is 1. The lowest BCUT2D eigenvalue weighted by Crippen LogP contribution is -2.20. The Morgan fingerprint density at radius 2 is 1.19 bits per heavy atom. The van der Waals surface area contributed by atoms with Gasteiger partial charge >= 0.3 is 0 Å². The maximum absolute atomic E-state index is 11.6. The van der Waals surface area contributed by atoms with Crippen LogP contribution in [0, 0.1) is 0 Å². The summed E-state index contributed by atoms with van der Waals surface area (Å²) >= 11 is 0. The Hall–Kier alpha value is -1.90. The predicted octanol–water partition coefficient (Wildman–Crippen LogP) is 1.88. The summed E-state index contributed by atoms with van der Waals surface area (Å²) in [5.41, 5.74) is 0.471. The summed E-state index contributed by atoms with van der Waals surface area (Å²) in [6.45, 7) is 4.00. The fourth-order valence-electron chi connectivity index (χ4n) is 1.44. The van der Waals surface area contributed by atoms with Crippen molar-refractivity contribution in [3.05, 3.63) is 57.1 Å². The van der Waals surface area contributed by atoms with Gasteiger partial charge in [0, 0.05) is 7.05 Å². The zero-order valence-corrected chi connectivity index (χ0v) is 9.73. The molecule has 2 rings (SSSR count). The smallest absolute Gasteiger partial charge is 0.261 e. The van der Waals surface area contributed by atoms with Crippen LogP contribution in [0.1, 0.15) is 13.8 Å². The Labute approximate surface area is 94.3 Å². The molecular weight excluding hydrogens is 202 g/mol. The second-order valence-corrected chi connectivity index (χ2v) is 3.10. The van der Waals surface area contributed by atoms with E-state index < -0.39 is 0 Å². The maximum Gasteiger partial charge on any atom is 0.261 e. The number of hydrogen-bond acceptors (Lipinski definition) is 2. The van der Waals surface area contributed by atoms with E-state index in [1.807, 2.05) is 26.0 Å². The van der Waals surface area contributed by atoms with Crippen LogP contribution in [0.4, 0.5) is 0 Å². The van der Waals surface area contributed by atoms with E-state index in [-0.39, 0.29) is 11.1 Å². The minimum Gasteiger partial charge on any atom is -0.277 e. The molecule has 1 aliphatic carbocycles. The molecule has 3 nitrogen and oxygen atoms in total. The predicted molar refractivity (Wildman–Crippen MR) is 65.9 cm³/mol. The van der Waals surface area contributed by atoms with Gasteiger partial charge in [0.25, 0.3) is 11.1 Å². The Morgan fingerprint density at radius 1 is 0.812 bits per heavy atom. The number of aromatic nitrogens is 1. The molecule has 0 bridgehead atoms. The summed E-state index contributed by atoms with van der Waals surface area (Å²) in [7, 11) is 1.49. The van der Waals surface area contributed by atoms with Crippen molar-refractivity contribution in [2.75, 3.05) is 0 Å². The topological polar surface area (TPSA) is 39.1 Å². The molecule has 0 aromatic heterocycles. The summed E-state index contributed by atoms with van der Waals surface area (Å²) in [5.74, 6) is 0. The summed E-state index contributed by atoms with van der Waals surface area (Å²) in [6, 6.07) is 10.5. The van der Waals surface area contributed by atoms with Crippen LogP contribution in [0.25, 0.3) is 11.1 Å². The van der Waals surface area contributed by atoms with Crippen LogP contribution in [0.2, 0.25) is 0 Å². The van der Waals surface area contributed by atoms with Crippen LogP contribution in [-0.2, 0) is 7.05 Å². The Bertz CT molecular complexity index is 508. The first-order chi connectivity index (χ1) is 7.72. The lowest BCUT2D eigenvalue weighted by Gasteiger charge is -1.86. The van der Waals surface area contributed by atoms with Gasteiger partial charge in [-0.15, -0.1) is 0 Å². The van der Waals surface area contributed by atoms with Gasteiger partial charge in [-0.3, -0.25) is 14.2 Å². The Kier molecular flexibility index (Phi) is 4.00. The van der Waals surface area contributed by atoms with Gasteiger partial charge in [-0.05, 0) is 12.1 Å². The van der Waals surface area contributed by atoms with E-state index in [0.717, 1.165) is 4.57 Å². The normalized spacial score (nSPS) is 9.44. The van der Waals surface area contributed by atoms with Crippen LogP contribution >= 0.6 is 0 Å². The number of rotatable bonds is 0. The molecule has 1 heterocycles. The van der Waals surface area contributed by atoms with Crippen molar-refractivity contribution in [3.63, 3.8) is 0 Å². The first-order valence-electron chi connectivity index (χ1n) is 5.30. The van der Waals surface area contributed by atoms with Gasteiger partial charge in [0.05, 0.1) is 11.1 Å². The number of hydrogen-bond donors (Lipinski definition) is 0. The maximum atomic E-state index is 11.6. The minimum absolute atomic E-state index is 0.235. The van der Waals surface area contributed by atoms with Gasteiger partial charge in [0.1, 0.15) is 0 Å². The molecule has 16 heavy (non-hydrogen) atoms. The molecule has 0 N–H and O–H groups in total. The molecule has 0 amide bonds. The van der Waals surface area contributed by atoms with E-state index in [1.165, 1.54) is 7.05 Å². The van der Waals surface area contributed by atoms with Crippen molar-refractivity contribution < 1.29 is 0 Å². The van der Waals surface area contributed by atoms with Gasteiger partial charge < -0.3 is 0 Å². The van der Waals surface area contributed by atoms with Gasteiger partial charge in [-0.1, -0.05) is 38.1 Å². The molecule has 0 radical (unpaired) electrons. The molecule has 0 saturated heterocycles. The SMILES string of the molecule is CC.Cn1c(=O)c2ccccccc-2c1=O. The summed E-state index contributed by atoms with van der Waals surface area (Å²) in [6.07, 6.45) is 0. The highest BCUT2D eigenvalue weighted by atomic mass is 16.2. The highest BCUT2D eigenvalue weighted by molar-refractivity contribution is 5.62. The molecule has 0 atom stereocenters. The summed E-state index contributed by atoms with van der Waals surface area (Å²) < 4.78 is 1.13. The third-order valence-electron chi connectivity index (χ3n) is 2.22. The number of fused-ring (bicyclic) bond motifs is 1. The third-order valence-corrected chi connectivity index (χ3v) is 2.22. The largest absolute Gasteiger partial charge is 0.277 e. The van der Waals surface area contributed by atoms with Crippen molar-refractivity contribution in [2.24, 2.45) is 7.05 Å². The molecule has 2 aliphatic rings. The molecule has 0 aromatic carbocycles. The molecule has 1 aliphatic heterocycles. The van der Waals surface area contributed by atoms with Crippen LogP contribution < -0.4 is 11.1 Å². The second kappa shape index (κ2) is 5.26. The van der Waals surface area contributed by atoms with Crippen LogP contribution in [0.3, 0.4) is 0 Å². The zero-order chi connectivity index (χ0) is 12.1. The van der Waals surface area contributed by atoms with Crippen molar-refractivity contribution in [1.29, 1.82) is 0 Å². The quantitative estimate of drug-likeness (QED) is 0.675. The van der Waals surface area contributed by atoms with Gasteiger partial charge in [0.15, 0.2) is 0 Å². The highest BCUT2D eigenvalue weighted by Gasteiger charge is 2.13. The van der Waals surface area contributed by atoms with E-state index in [2.05, 4.69) is 0 Å². The average Bonchev–Trinajstić information content (AvgIpc) is 2.46. The van der Waals surface area contributed by atoms with Crippen LogP contribution in [-0.4, -0.2) is 4.57 Å². The lowest BCUT2D eigenvalue weighted by molar-refractivity contribution is 0.854. The van der Waals surface area contributed by atoms with Crippen LogP contribution in [0.5, 0.6) is 0 Å². The van der Waals surface area contributed by atoms with Crippen LogP contribution in [0.15, 0.2) is 46.0 Å². The standard InChI is InChI=1S/C11H9NO2.C2H6/c1-12-10(13)8-6-4-2-3-5-7-9(8)11(12)14;1-2/h2-7H,1H3;1-2H3. The Morgan fingerprint density at radius 3 is 1.56 bits per heavy atom. The average molecular weight is 217 g/mol. The minimum atomic E-state index is -0.235. The van der Waals surface area contributed by atoms with E-state index in [1.54, 1.807) is 24.3 Å². The van der Waals surface area contributed by atoms with Crippen molar-refractivity contribution in [3.8, 4) is 11.1 Å². The second-order valence-electron chi connectivity index (χ2n) is 3.10. The van der Waals surface area contributed by atoms with E-state index in [4.69, 9.17) is 0 Å². The summed E-state index contributed by atoms with van der Waals surface area (Å²) in [4.78, 5) is 23.1. The zero-order valence-electron chi connectivity index (χ0n) is 9.73. The van der Waals surface area contributed by atoms with E-state index in [9.17, 15) is 9.59 Å².